The first kappa shape index (κ1) is 27.8. The summed E-state index contributed by atoms with van der Waals surface area (Å²) in [5.41, 5.74) is 4.78. The van der Waals surface area contributed by atoms with Crippen molar-refractivity contribution in [3.05, 3.63) is 77.9 Å². The van der Waals surface area contributed by atoms with E-state index in [1.807, 2.05) is 35.1 Å². The summed E-state index contributed by atoms with van der Waals surface area (Å²) in [6.45, 7) is 3.67. The maximum atomic E-state index is 12.3. The minimum absolute atomic E-state index is 0.00935. The molecule has 224 valence electrons. The standard InChI is InChI=1S/C34H39N5O4/c1-22(23-7-3-2-4-8-23)43-28-12-6-10-25(18-28)24-9-5-11-27(17-24)39-33(31(20-35-39)34(40)41)30-19-29(30)32-21-38(37-36-32)26-13-15-42-16-14-26/h5-6,9-12,17-18,20-23,26,29-30H,2-4,7-8,13-16,19H2,1H3,(H,40,41)/t22-,29-,30-/m0/s1. The van der Waals surface area contributed by atoms with Crippen LogP contribution in [0.2, 0.25) is 0 Å². The van der Waals surface area contributed by atoms with E-state index in [0.717, 1.165) is 60.7 Å². The van der Waals surface area contributed by atoms with Gasteiger partial charge in [0.2, 0.25) is 0 Å². The lowest BCUT2D eigenvalue weighted by Gasteiger charge is -2.28. The molecule has 43 heavy (non-hydrogen) atoms. The molecule has 9 heteroatoms. The van der Waals surface area contributed by atoms with E-state index < -0.39 is 5.97 Å². The van der Waals surface area contributed by atoms with E-state index in [0.29, 0.717) is 17.7 Å². The summed E-state index contributed by atoms with van der Waals surface area (Å²) in [6.07, 6.45) is 12.8. The zero-order valence-electron chi connectivity index (χ0n) is 24.6. The minimum atomic E-state index is -0.967. The van der Waals surface area contributed by atoms with Gasteiger partial charge < -0.3 is 14.6 Å². The van der Waals surface area contributed by atoms with Gasteiger partial charge in [0.1, 0.15) is 11.3 Å². The topological polar surface area (TPSA) is 104 Å². The van der Waals surface area contributed by atoms with E-state index in [4.69, 9.17) is 9.47 Å². The first-order chi connectivity index (χ1) is 21.0. The zero-order chi connectivity index (χ0) is 29.3. The number of carboxylic acid groups (broad SMARTS) is 1. The van der Waals surface area contributed by atoms with Gasteiger partial charge in [0.15, 0.2) is 0 Å². The van der Waals surface area contributed by atoms with Crippen molar-refractivity contribution in [2.75, 3.05) is 13.2 Å². The predicted molar refractivity (Wildman–Crippen MR) is 162 cm³/mol. The maximum Gasteiger partial charge on any atom is 0.339 e. The Morgan fingerprint density at radius 3 is 2.56 bits per heavy atom. The van der Waals surface area contributed by atoms with Crippen LogP contribution < -0.4 is 4.74 Å². The van der Waals surface area contributed by atoms with Crippen molar-refractivity contribution in [1.29, 1.82) is 0 Å². The summed E-state index contributed by atoms with van der Waals surface area (Å²) in [5, 5.41) is 23.5. The van der Waals surface area contributed by atoms with Crippen molar-refractivity contribution in [3.63, 3.8) is 0 Å². The van der Waals surface area contributed by atoms with E-state index in [9.17, 15) is 9.90 Å². The third-order valence-electron chi connectivity index (χ3n) is 9.55. The van der Waals surface area contributed by atoms with Crippen molar-refractivity contribution in [2.45, 2.75) is 82.3 Å². The third kappa shape index (κ3) is 5.83. The number of carboxylic acids is 1. The molecule has 0 radical (unpaired) electrons. The average molecular weight is 582 g/mol. The number of aromatic carboxylic acids is 1. The Morgan fingerprint density at radius 1 is 1.00 bits per heavy atom. The number of ether oxygens (including phenoxy) is 2. The number of aromatic nitrogens is 5. The number of carbonyl (C=O) groups is 1. The highest BCUT2D eigenvalue weighted by Crippen LogP contribution is 2.55. The summed E-state index contributed by atoms with van der Waals surface area (Å²) in [7, 11) is 0. The molecular weight excluding hydrogens is 542 g/mol. The number of benzene rings is 2. The molecule has 7 rings (SSSR count). The molecule has 3 atom stereocenters. The molecule has 0 unspecified atom stereocenters. The Morgan fingerprint density at radius 2 is 1.77 bits per heavy atom. The van der Waals surface area contributed by atoms with Crippen molar-refractivity contribution in [2.24, 2.45) is 5.92 Å². The van der Waals surface area contributed by atoms with Crippen molar-refractivity contribution < 1.29 is 19.4 Å². The van der Waals surface area contributed by atoms with Crippen molar-refractivity contribution in [1.82, 2.24) is 24.8 Å². The molecular formula is C34H39N5O4. The van der Waals surface area contributed by atoms with Crippen LogP contribution in [0, 0.1) is 5.92 Å². The fourth-order valence-corrected chi connectivity index (χ4v) is 6.98. The number of rotatable bonds is 9. The zero-order valence-corrected chi connectivity index (χ0v) is 24.6. The highest BCUT2D eigenvalue weighted by molar-refractivity contribution is 5.89. The fraction of sp³-hybridized carbons (Fsp3) is 0.471. The SMILES string of the molecule is C[C@H](Oc1cccc(-c2cccc(-n3ncc(C(=O)O)c3[C@H]3C[C@@H]3c3cn(C4CCOCC4)nn3)c2)c1)C1CCCCC1. The molecule has 0 amide bonds. The molecule has 2 aliphatic carbocycles. The summed E-state index contributed by atoms with van der Waals surface area (Å²) in [6, 6.07) is 16.7. The Labute approximate surface area is 251 Å². The minimum Gasteiger partial charge on any atom is -0.490 e. The number of hydrogen-bond donors (Lipinski definition) is 1. The Balaban J connectivity index is 1.13. The predicted octanol–water partition coefficient (Wildman–Crippen LogP) is 6.80. The molecule has 1 aliphatic heterocycles. The second-order valence-corrected chi connectivity index (χ2v) is 12.4. The summed E-state index contributed by atoms with van der Waals surface area (Å²) in [4.78, 5) is 12.3. The molecule has 9 nitrogen and oxygen atoms in total. The lowest BCUT2D eigenvalue weighted by Crippen LogP contribution is -2.25. The molecule has 2 saturated carbocycles. The fourth-order valence-electron chi connectivity index (χ4n) is 6.98. The lowest BCUT2D eigenvalue weighted by atomic mass is 9.86. The van der Waals surface area contributed by atoms with Crippen LogP contribution >= 0.6 is 0 Å². The molecule has 1 N–H and O–H groups in total. The highest BCUT2D eigenvalue weighted by Gasteiger charge is 2.46. The first-order valence-electron chi connectivity index (χ1n) is 15.7. The van der Waals surface area contributed by atoms with Gasteiger partial charge >= 0.3 is 5.97 Å². The molecule has 0 spiro atoms. The Kier molecular flexibility index (Phi) is 7.74. The van der Waals surface area contributed by atoms with Gasteiger partial charge in [-0.2, -0.15) is 5.10 Å². The lowest BCUT2D eigenvalue weighted by molar-refractivity contribution is 0.0657. The average Bonchev–Trinajstić information content (AvgIpc) is 3.45. The summed E-state index contributed by atoms with van der Waals surface area (Å²) >= 11 is 0. The van der Waals surface area contributed by atoms with Crippen LogP contribution in [0.15, 0.2) is 60.9 Å². The van der Waals surface area contributed by atoms with E-state index in [2.05, 4.69) is 46.6 Å². The van der Waals surface area contributed by atoms with Crippen LogP contribution in [0.1, 0.15) is 97.9 Å². The van der Waals surface area contributed by atoms with Gasteiger partial charge in [-0.05, 0) is 80.3 Å². The second-order valence-electron chi connectivity index (χ2n) is 12.4. The van der Waals surface area contributed by atoms with Crippen LogP contribution in [0.25, 0.3) is 16.8 Å². The molecule has 4 aromatic rings. The van der Waals surface area contributed by atoms with Gasteiger partial charge in [0.25, 0.3) is 0 Å². The van der Waals surface area contributed by atoms with E-state index in [-0.39, 0.29) is 23.5 Å². The Hall–Kier alpha value is -3.98. The third-order valence-corrected chi connectivity index (χ3v) is 9.55. The molecule has 3 fully saturated rings. The molecule has 0 bridgehead atoms. The molecule has 2 aromatic heterocycles. The smallest absolute Gasteiger partial charge is 0.339 e. The molecule has 2 aromatic carbocycles. The summed E-state index contributed by atoms with van der Waals surface area (Å²) in [5.74, 6) is 0.648. The molecule has 3 aliphatic rings. The monoisotopic (exact) mass is 581 g/mol. The Bertz CT molecular complexity index is 1580. The second kappa shape index (κ2) is 12.0. The van der Waals surface area contributed by atoms with Crippen molar-refractivity contribution >= 4 is 5.97 Å². The van der Waals surface area contributed by atoms with Crippen LogP contribution in [-0.4, -0.2) is 55.2 Å². The quantitative estimate of drug-likeness (QED) is 0.232. The normalized spacial score (nSPS) is 21.9. The van der Waals surface area contributed by atoms with Gasteiger partial charge in [-0.3, -0.25) is 0 Å². The van der Waals surface area contributed by atoms with Crippen LogP contribution in [0.5, 0.6) is 5.75 Å². The van der Waals surface area contributed by atoms with E-state index >= 15 is 0 Å². The van der Waals surface area contributed by atoms with Gasteiger partial charge in [0, 0.05) is 31.2 Å². The van der Waals surface area contributed by atoms with Crippen LogP contribution in [0.4, 0.5) is 0 Å². The van der Waals surface area contributed by atoms with Gasteiger partial charge in [-0.15, -0.1) is 5.10 Å². The molecule has 3 heterocycles. The van der Waals surface area contributed by atoms with E-state index in [1.165, 1.54) is 38.3 Å². The number of nitrogens with zero attached hydrogens (tertiary/aromatic N) is 5. The maximum absolute atomic E-state index is 12.3. The van der Waals surface area contributed by atoms with Crippen molar-refractivity contribution in [3.8, 4) is 22.6 Å². The van der Waals surface area contributed by atoms with Gasteiger partial charge in [-0.25, -0.2) is 14.2 Å². The number of hydrogen-bond acceptors (Lipinski definition) is 6. The first-order valence-corrected chi connectivity index (χ1v) is 15.7. The van der Waals surface area contributed by atoms with Gasteiger partial charge in [0.05, 0.1) is 35.4 Å². The molecule has 1 saturated heterocycles. The largest absolute Gasteiger partial charge is 0.490 e. The summed E-state index contributed by atoms with van der Waals surface area (Å²) < 4.78 is 15.7. The van der Waals surface area contributed by atoms with Crippen LogP contribution in [0.3, 0.4) is 0 Å². The van der Waals surface area contributed by atoms with E-state index in [1.54, 1.807) is 4.68 Å². The van der Waals surface area contributed by atoms with Crippen LogP contribution in [-0.2, 0) is 4.74 Å². The van der Waals surface area contributed by atoms with Gasteiger partial charge in [-0.1, -0.05) is 48.7 Å². The highest BCUT2D eigenvalue weighted by atomic mass is 16.5.